The number of benzene rings is 11. The molecule has 0 spiro atoms. The standard InChI is InChI=1S/C66H50N6/c1-67-59-35-19-21-37-61(59)71(51-27-11-5-12-28-51)65(67)47-39-43-53(44-40-47)69(49-23-7-3-8-24-49)63-55-31-15-17-33-57(55)64(58-34-18-16-32-56(58)63)70(50-25-9-4-10-26-50)54-45-41-48(42-46-54)66-68(2)60-36-20-22-38-62(60)72(66)52-29-13-6-14-30-52/h3-46H,1-2H3/q+2. The summed E-state index contributed by atoms with van der Waals surface area (Å²) in [4.78, 5) is 4.89. The Morgan fingerprint density at radius 1 is 0.278 bits per heavy atom. The highest BCUT2D eigenvalue weighted by molar-refractivity contribution is 6.23. The molecule has 0 amide bonds. The highest BCUT2D eigenvalue weighted by Crippen LogP contribution is 2.51. The lowest BCUT2D eigenvalue weighted by atomic mass is 9.95. The fourth-order valence-electron chi connectivity index (χ4n) is 11.0. The number of aromatic nitrogens is 4. The second-order valence-electron chi connectivity index (χ2n) is 18.3. The largest absolute Gasteiger partial charge is 0.309 e. The molecule has 11 aromatic carbocycles. The van der Waals surface area contributed by atoms with E-state index in [9.17, 15) is 0 Å². The van der Waals surface area contributed by atoms with Crippen molar-refractivity contribution in [3.8, 4) is 34.2 Å². The van der Waals surface area contributed by atoms with Crippen molar-refractivity contribution in [3.63, 3.8) is 0 Å². The van der Waals surface area contributed by atoms with Gasteiger partial charge in [0, 0.05) is 44.3 Å². The van der Waals surface area contributed by atoms with Gasteiger partial charge in [0.25, 0.3) is 11.6 Å². The van der Waals surface area contributed by atoms with Gasteiger partial charge in [-0.25, -0.2) is 9.13 Å². The normalized spacial score (nSPS) is 11.5. The molecule has 0 unspecified atom stereocenters. The van der Waals surface area contributed by atoms with Gasteiger partial charge in [0.05, 0.1) is 36.6 Å². The van der Waals surface area contributed by atoms with Crippen LogP contribution in [0.3, 0.4) is 0 Å². The first-order valence-electron chi connectivity index (χ1n) is 24.6. The summed E-state index contributed by atoms with van der Waals surface area (Å²) in [6, 6.07) is 96.3. The Morgan fingerprint density at radius 2 is 0.556 bits per heavy atom. The Labute approximate surface area is 419 Å². The zero-order chi connectivity index (χ0) is 48.1. The molecular formula is C66H50N6+2. The van der Waals surface area contributed by atoms with E-state index in [0.29, 0.717) is 0 Å². The lowest BCUT2D eigenvalue weighted by Gasteiger charge is -2.32. The maximum absolute atomic E-state index is 2.44. The third-order valence-corrected chi connectivity index (χ3v) is 14.2. The number of nitrogens with zero attached hydrogens (tertiary/aromatic N) is 6. The number of imidazole rings is 2. The molecular weight excluding hydrogens is 877 g/mol. The molecule has 0 N–H and O–H groups in total. The van der Waals surface area contributed by atoms with Gasteiger partial charge in [-0.3, -0.25) is 0 Å². The van der Waals surface area contributed by atoms with Crippen LogP contribution < -0.4 is 18.9 Å². The molecule has 0 atom stereocenters. The van der Waals surface area contributed by atoms with E-state index in [1.165, 1.54) is 11.0 Å². The molecule has 6 heteroatoms. The van der Waals surface area contributed by atoms with Crippen LogP contribution >= 0.6 is 0 Å². The van der Waals surface area contributed by atoms with Crippen molar-refractivity contribution in [2.75, 3.05) is 9.80 Å². The van der Waals surface area contributed by atoms with Gasteiger partial charge in [-0.15, -0.1) is 0 Å². The van der Waals surface area contributed by atoms with E-state index in [0.717, 1.165) is 101 Å². The van der Waals surface area contributed by atoms with Crippen molar-refractivity contribution in [3.05, 3.63) is 267 Å². The number of rotatable bonds is 10. The SMILES string of the molecule is C[n+]1c(-c2ccc(N(c3ccccc3)c3c4ccccc4c(N(c4ccccc4)c4ccc(-c5n(-c6ccccc6)c6ccccc6[n+]5C)cc4)c4ccccc34)cc2)n(-c2ccccc2)c2ccccc21. The van der Waals surface area contributed by atoms with Crippen LogP contribution in [0.4, 0.5) is 34.1 Å². The quantitative estimate of drug-likeness (QED) is 0.0775. The fraction of sp³-hybridized carbons (Fsp3) is 0.0303. The second kappa shape index (κ2) is 17.8. The first-order valence-corrected chi connectivity index (χ1v) is 24.6. The monoisotopic (exact) mass is 926 g/mol. The second-order valence-corrected chi connectivity index (χ2v) is 18.3. The van der Waals surface area contributed by atoms with Gasteiger partial charge in [-0.05, 0) is 121 Å². The molecule has 0 fully saturated rings. The molecule has 0 saturated heterocycles. The van der Waals surface area contributed by atoms with E-state index in [1.807, 2.05) is 0 Å². The first kappa shape index (κ1) is 42.6. The molecule has 6 nitrogen and oxygen atoms in total. The van der Waals surface area contributed by atoms with Crippen LogP contribution in [0.15, 0.2) is 267 Å². The molecule has 0 aliphatic heterocycles. The van der Waals surface area contributed by atoms with E-state index in [2.05, 4.69) is 309 Å². The van der Waals surface area contributed by atoms with E-state index in [4.69, 9.17) is 0 Å². The fourth-order valence-corrected chi connectivity index (χ4v) is 11.0. The highest BCUT2D eigenvalue weighted by atomic mass is 15.2. The van der Waals surface area contributed by atoms with E-state index >= 15 is 0 Å². The minimum Gasteiger partial charge on any atom is -0.309 e. The summed E-state index contributed by atoms with van der Waals surface area (Å²) in [6.07, 6.45) is 0. The van der Waals surface area contributed by atoms with E-state index < -0.39 is 0 Å². The number of hydrogen-bond acceptors (Lipinski definition) is 2. The number of para-hydroxylation sites is 8. The van der Waals surface area contributed by atoms with Crippen molar-refractivity contribution < 1.29 is 9.13 Å². The number of anilines is 6. The Kier molecular flexibility index (Phi) is 10.5. The van der Waals surface area contributed by atoms with E-state index in [1.54, 1.807) is 0 Å². The number of fused-ring (bicyclic) bond motifs is 4. The van der Waals surface area contributed by atoms with Crippen molar-refractivity contribution in [1.29, 1.82) is 0 Å². The molecule has 0 saturated carbocycles. The minimum atomic E-state index is 1.06. The van der Waals surface area contributed by atoms with Gasteiger partial charge in [0.2, 0.25) is 0 Å². The Morgan fingerprint density at radius 3 is 0.903 bits per heavy atom. The molecule has 0 aliphatic rings. The Balaban J connectivity index is 0.993. The number of hydrogen-bond donors (Lipinski definition) is 0. The lowest BCUT2D eigenvalue weighted by Crippen LogP contribution is -2.30. The maximum atomic E-state index is 2.44. The van der Waals surface area contributed by atoms with Gasteiger partial charge in [0.1, 0.15) is 11.4 Å². The van der Waals surface area contributed by atoms with Gasteiger partial charge in [-0.1, -0.05) is 146 Å². The van der Waals surface area contributed by atoms with Crippen LogP contribution in [0.1, 0.15) is 0 Å². The maximum Gasteiger partial charge on any atom is 0.294 e. The van der Waals surface area contributed by atoms with Crippen LogP contribution in [0.25, 0.3) is 77.8 Å². The molecule has 0 aliphatic carbocycles. The van der Waals surface area contributed by atoms with Crippen LogP contribution in [-0.4, -0.2) is 9.13 Å². The molecule has 13 rings (SSSR count). The smallest absolute Gasteiger partial charge is 0.294 e. The molecule has 72 heavy (non-hydrogen) atoms. The average molecular weight is 927 g/mol. The molecule has 2 heterocycles. The summed E-state index contributed by atoms with van der Waals surface area (Å²) in [5.74, 6) is 2.23. The first-order chi connectivity index (χ1) is 35.6. The van der Waals surface area contributed by atoms with Crippen LogP contribution in [0.5, 0.6) is 0 Å². The molecule has 13 aromatic rings. The molecule has 0 bridgehead atoms. The summed E-state index contributed by atoms with van der Waals surface area (Å²) in [7, 11) is 4.33. The predicted octanol–water partition coefficient (Wildman–Crippen LogP) is 15.8. The van der Waals surface area contributed by atoms with Gasteiger partial charge in [0.15, 0.2) is 22.1 Å². The summed E-state index contributed by atoms with van der Waals surface area (Å²) in [5, 5.41) is 4.58. The topological polar surface area (TPSA) is 24.1 Å². The van der Waals surface area contributed by atoms with Crippen molar-refractivity contribution >= 4 is 77.7 Å². The van der Waals surface area contributed by atoms with Crippen LogP contribution in [0, 0.1) is 0 Å². The summed E-state index contributed by atoms with van der Waals surface area (Å²) in [6.45, 7) is 0. The van der Waals surface area contributed by atoms with Gasteiger partial charge in [-0.2, -0.15) is 9.13 Å². The van der Waals surface area contributed by atoms with E-state index in [-0.39, 0.29) is 0 Å². The average Bonchev–Trinajstić information content (AvgIpc) is 3.92. The summed E-state index contributed by atoms with van der Waals surface area (Å²) < 4.78 is 9.36. The molecule has 0 radical (unpaired) electrons. The third-order valence-electron chi connectivity index (χ3n) is 14.2. The van der Waals surface area contributed by atoms with Gasteiger partial charge >= 0.3 is 0 Å². The predicted molar refractivity (Wildman–Crippen MR) is 298 cm³/mol. The molecule has 2 aromatic heterocycles. The summed E-state index contributed by atoms with van der Waals surface area (Å²) in [5.41, 5.74) is 15.7. The molecule has 342 valence electrons. The Hall–Kier alpha value is -9.52. The zero-order valence-electron chi connectivity index (χ0n) is 40.1. The van der Waals surface area contributed by atoms with Crippen molar-refractivity contribution in [2.45, 2.75) is 0 Å². The van der Waals surface area contributed by atoms with Gasteiger partial charge < -0.3 is 9.80 Å². The zero-order valence-corrected chi connectivity index (χ0v) is 40.1. The lowest BCUT2D eigenvalue weighted by molar-refractivity contribution is -0.633. The van der Waals surface area contributed by atoms with Crippen LogP contribution in [-0.2, 0) is 14.1 Å². The summed E-state index contributed by atoms with van der Waals surface area (Å²) >= 11 is 0. The van der Waals surface area contributed by atoms with Crippen molar-refractivity contribution in [1.82, 2.24) is 9.13 Å². The van der Waals surface area contributed by atoms with Crippen molar-refractivity contribution in [2.24, 2.45) is 14.1 Å². The number of aryl methyl sites for hydroxylation is 2. The minimum absolute atomic E-state index is 1.06. The Bertz CT molecular complexity index is 3760. The van der Waals surface area contributed by atoms with Crippen LogP contribution in [0.2, 0.25) is 0 Å². The highest BCUT2D eigenvalue weighted by Gasteiger charge is 2.30. The third kappa shape index (κ3) is 7.03.